The zero-order valence-corrected chi connectivity index (χ0v) is 14.8. The lowest BCUT2D eigenvalue weighted by Gasteiger charge is -2.37. The van der Waals surface area contributed by atoms with Gasteiger partial charge < -0.3 is 10.1 Å². The second-order valence-corrected chi connectivity index (χ2v) is 7.50. The Bertz CT molecular complexity index is 549. The van der Waals surface area contributed by atoms with Crippen LogP contribution in [0.3, 0.4) is 0 Å². The molecule has 1 aromatic carbocycles. The first kappa shape index (κ1) is 17.6. The number of methoxy groups -OCH3 is 1. The first-order valence-corrected chi connectivity index (χ1v) is 8.51. The molecular weight excluding hydrogens is 286 g/mol. The van der Waals surface area contributed by atoms with Crippen molar-refractivity contribution >= 4 is 12.0 Å². The van der Waals surface area contributed by atoms with Gasteiger partial charge in [-0.2, -0.15) is 0 Å². The third-order valence-corrected chi connectivity index (χ3v) is 4.85. The number of benzene rings is 1. The van der Waals surface area contributed by atoms with E-state index >= 15 is 0 Å². The molecule has 0 aliphatic heterocycles. The molecular formula is C20H29NO2. The lowest BCUT2D eigenvalue weighted by molar-refractivity contribution is -0.117. The summed E-state index contributed by atoms with van der Waals surface area (Å²) in [5.74, 6) is 1.53. The van der Waals surface area contributed by atoms with Crippen molar-refractivity contribution < 1.29 is 9.53 Å². The normalized spacial score (nSPS) is 22.1. The molecule has 3 nitrogen and oxygen atoms in total. The number of nitrogens with one attached hydrogen (secondary N) is 1. The Hall–Kier alpha value is -1.77. The number of amides is 1. The Labute approximate surface area is 140 Å². The quantitative estimate of drug-likeness (QED) is 0.835. The zero-order chi connectivity index (χ0) is 16.9. The molecule has 0 atom stereocenters. The SMILES string of the molecule is COc1ccccc1/C=C/C(=O)NC1CCC(C(C)(C)C)CC1. The van der Waals surface area contributed by atoms with Gasteiger partial charge in [0.1, 0.15) is 5.75 Å². The van der Waals surface area contributed by atoms with E-state index in [1.54, 1.807) is 13.2 Å². The Morgan fingerprint density at radius 1 is 1.17 bits per heavy atom. The average Bonchev–Trinajstić information content (AvgIpc) is 2.53. The van der Waals surface area contributed by atoms with Crippen LogP contribution in [0.25, 0.3) is 6.08 Å². The van der Waals surface area contributed by atoms with Crippen molar-refractivity contribution in [2.75, 3.05) is 7.11 Å². The van der Waals surface area contributed by atoms with Crippen molar-refractivity contribution in [1.29, 1.82) is 0 Å². The molecule has 126 valence electrons. The molecule has 0 spiro atoms. The largest absolute Gasteiger partial charge is 0.496 e. The van der Waals surface area contributed by atoms with Crippen LogP contribution in [0.5, 0.6) is 5.75 Å². The highest BCUT2D eigenvalue weighted by Gasteiger charge is 2.29. The molecule has 0 aromatic heterocycles. The van der Waals surface area contributed by atoms with Crippen LogP contribution < -0.4 is 10.1 Å². The van der Waals surface area contributed by atoms with Crippen LogP contribution in [-0.4, -0.2) is 19.1 Å². The van der Waals surface area contributed by atoms with E-state index in [-0.39, 0.29) is 5.91 Å². The highest BCUT2D eigenvalue weighted by Crippen LogP contribution is 2.37. The molecule has 0 radical (unpaired) electrons. The molecule has 0 unspecified atom stereocenters. The predicted molar refractivity (Wildman–Crippen MR) is 95.4 cm³/mol. The molecule has 23 heavy (non-hydrogen) atoms. The van der Waals surface area contributed by atoms with Crippen LogP contribution in [0.15, 0.2) is 30.3 Å². The van der Waals surface area contributed by atoms with Gasteiger partial charge in [-0.05, 0) is 49.2 Å². The highest BCUT2D eigenvalue weighted by atomic mass is 16.5. The molecule has 1 amide bonds. The van der Waals surface area contributed by atoms with Gasteiger partial charge in [-0.25, -0.2) is 0 Å². The van der Waals surface area contributed by atoms with E-state index in [0.717, 1.165) is 30.1 Å². The van der Waals surface area contributed by atoms with Gasteiger partial charge in [0.05, 0.1) is 7.11 Å². The van der Waals surface area contributed by atoms with Crippen molar-refractivity contribution in [3.8, 4) is 5.75 Å². The fourth-order valence-electron chi connectivity index (χ4n) is 3.32. The Morgan fingerprint density at radius 3 is 2.43 bits per heavy atom. The van der Waals surface area contributed by atoms with Crippen LogP contribution >= 0.6 is 0 Å². The summed E-state index contributed by atoms with van der Waals surface area (Å²) >= 11 is 0. The summed E-state index contributed by atoms with van der Waals surface area (Å²) in [6, 6.07) is 8.00. The summed E-state index contributed by atoms with van der Waals surface area (Å²) in [6.45, 7) is 6.94. The molecule has 1 fully saturated rings. The number of hydrogen-bond acceptors (Lipinski definition) is 2. The molecule has 3 heteroatoms. The van der Waals surface area contributed by atoms with E-state index in [4.69, 9.17) is 4.74 Å². The molecule has 1 aliphatic carbocycles. The van der Waals surface area contributed by atoms with Gasteiger partial charge in [0.15, 0.2) is 0 Å². The van der Waals surface area contributed by atoms with E-state index in [0.29, 0.717) is 11.5 Å². The van der Waals surface area contributed by atoms with Gasteiger partial charge in [-0.1, -0.05) is 39.0 Å². The Kier molecular flexibility index (Phi) is 5.86. The lowest BCUT2D eigenvalue weighted by atomic mass is 9.71. The van der Waals surface area contributed by atoms with Crippen LogP contribution in [0.1, 0.15) is 52.0 Å². The molecule has 1 aromatic rings. The van der Waals surface area contributed by atoms with Gasteiger partial charge in [0, 0.05) is 17.7 Å². The van der Waals surface area contributed by atoms with Gasteiger partial charge in [-0.3, -0.25) is 4.79 Å². The summed E-state index contributed by atoms with van der Waals surface area (Å²) in [7, 11) is 1.64. The first-order chi connectivity index (χ1) is 10.9. The minimum Gasteiger partial charge on any atom is -0.496 e. The lowest BCUT2D eigenvalue weighted by Crippen LogP contribution is -2.38. The third kappa shape index (κ3) is 5.12. The number of carbonyl (C=O) groups is 1. The summed E-state index contributed by atoms with van der Waals surface area (Å²) in [5, 5.41) is 3.13. The van der Waals surface area contributed by atoms with Crippen molar-refractivity contribution in [1.82, 2.24) is 5.32 Å². The highest BCUT2D eigenvalue weighted by molar-refractivity contribution is 5.92. The number of para-hydroxylation sites is 1. The Balaban J connectivity index is 1.85. The number of carbonyl (C=O) groups excluding carboxylic acids is 1. The number of hydrogen-bond donors (Lipinski definition) is 1. The Morgan fingerprint density at radius 2 is 1.83 bits per heavy atom. The molecule has 0 heterocycles. The average molecular weight is 315 g/mol. The number of rotatable bonds is 4. The first-order valence-electron chi connectivity index (χ1n) is 8.51. The maximum atomic E-state index is 12.1. The zero-order valence-electron chi connectivity index (χ0n) is 14.8. The van der Waals surface area contributed by atoms with Crippen LogP contribution in [0.4, 0.5) is 0 Å². The molecule has 1 aliphatic rings. The van der Waals surface area contributed by atoms with E-state index in [1.165, 1.54) is 12.8 Å². The van der Waals surface area contributed by atoms with E-state index in [1.807, 2.05) is 30.3 Å². The third-order valence-electron chi connectivity index (χ3n) is 4.85. The molecule has 1 N–H and O–H groups in total. The summed E-state index contributed by atoms with van der Waals surface area (Å²) in [4.78, 5) is 12.1. The second kappa shape index (κ2) is 7.67. The molecule has 0 bridgehead atoms. The van der Waals surface area contributed by atoms with Crippen molar-refractivity contribution in [2.24, 2.45) is 11.3 Å². The minimum atomic E-state index is -0.0184. The second-order valence-electron chi connectivity index (χ2n) is 7.50. The summed E-state index contributed by atoms with van der Waals surface area (Å²) in [6.07, 6.45) is 7.98. The van der Waals surface area contributed by atoms with E-state index < -0.39 is 0 Å². The number of ether oxygens (including phenoxy) is 1. The predicted octanol–water partition coefficient (Wildman–Crippen LogP) is 4.43. The van der Waals surface area contributed by atoms with E-state index in [9.17, 15) is 4.79 Å². The molecule has 0 saturated heterocycles. The maximum Gasteiger partial charge on any atom is 0.244 e. The van der Waals surface area contributed by atoms with Crippen molar-refractivity contribution in [3.05, 3.63) is 35.9 Å². The van der Waals surface area contributed by atoms with Gasteiger partial charge in [-0.15, -0.1) is 0 Å². The summed E-state index contributed by atoms with van der Waals surface area (Å²) < 4.78 is 5.29. The fraction of sp³-hybridized carbons (Fsp3) is 0.550. The molecule has 2 rings (SSSR count). The standard InChI is InChI=1S/C20H29NO2/c1-20(2,3)16-10-12-17(13-11-16)21-19(22)14-9-15-7-5-6-8-18(15)23-4/h5-9,14,16-17H,10-13H2,1-4H3,(H,21,22)/b14-9+. The summed E-state index contributed by atoms with van der Waals surface area (Å²) in [5.41, 5.74) is 1.29. The van der Waals surface area contributed by atoms with Crippen LogP contribution in [0.2, 0.25) is 0 Å². The van der Waals surface area contributed by atoms with E-state index in [2.05, 4.69) is 26.1 Å². The fourth-order valence-corrected chi connectivity index (χ4v) is 3.32. The maximum absolute atomic E-state index is 12.1. The van der Waals surface area contributed by atoms with Gasteiger partial charge in [0.2, 0.25) is 5.91 Å². The smallest absolute Gasteiger partial charge is 0.244 e. The van der Waals surface area contributed by atoms with Crippen LogP contribution in [-0.2, 0) is 4.79 Å². The van der Waals surface area contributed by atoms with Crippen molar-refractivity contribution in [3.63, 3.8) is 0 Å². The van der Waals surface area contributed by atoms with Crippen molar-refractivity contribution in [2.45, 2.75) is 52.5 Å². The minimum absolute atomic E-state index is 0.0184. The van der Waals surface area contributed by atoms with Gasteiger partial charge >= 0.3 is 0 Å². The monoisotopic (exact) mass is 315 g/mol. The van der Waals surface area contributed by atoms with Crippen LogP contribution in [0, 0.1) is 11.3 Å². The topological polar surface area (TPSA) is 38.3 Å². The van der Waals surface area contributed by atoms with Gasteiger partial charge in [0.25, 0.3) is 0 Å². The molecule has 1 saturated carbocycles.